The van der Waals surface area contributed by atoms with Crippen LogP contribution in [0.4, 0.5) is 31.1 Å². The van der Waals surface area contributed by atoms with Crippen molar-refractivity contribution >= 4 is 6.09 Å². The third-order valence-corrected chi connectivity index (χ3v) is 7.35. The first-order valence-corrected chi connectivity index (χ1v) is 12.3. The fourth-order valence-electron chi connectivity index (χ4n) is 5.42. The van der Waals surface area contributed by atoms with Crippen LogP contribution < -0.4 is 0 Å². The molecule has 10 heteroatoms. The summed E-state index contributed by atoms with van der Waals surface area (Å²) in [6.07, 6.45) is -7.08. The molecule has 2 atom stereocenters. The lowest BCUT2D eigenvalue weighted by atomic mass is 9.82. The first-order valence-electron chi connectivity index (χ1n) is 12.3. The van der Waals surface area contributed by atoms with Crippen molar-refractivity contribution < 1.29 is 41.0 Å². The quantitative estimate of drug-likeness (QED) is 0.327. The number of benzene rings is 2. The number of hydrogen-bond donors (Lipinski definition) is 1. The molecule has 1 amide bonds. The predicted octanol–water partition coefficient (Wildman–Crippen LogP) is 7.66. The fraction of sp³-hybridized carbons (Fsp3) is 0.519. The smallest absolute Gasteiger partial charge is 0.416 e. The SMILES string of the molecule is Cc1cc([C@H]2OC(=O)N(Cc3cc(C(F)(F)F)ccc3C3(O)CCCCCC3)[C@H]2C)cc(C(F)(F)F)c1. The second-order valence-electron chi connectivity index (χ2n) is 10.1. The molecule has 0 bridgehead atoms. The maximum Gasteiger partial charge on any atom is 0.416 e. The molecule has 0 radical (unpaired) electrons. The molecule has 1 saturated carbocycles. The molecule has 4 rings (SSSR count). The van der Waals surface area contributed by atoms with E-state index in [-0.39, 0.29) is 17.7 Å². The average molecular weight is 530 g/mol. The Hall–Kier alpha value is -2.75. The van der Waals surface area contributed by atoms with Gasteiger partial charge < -0.3 is 9.84 Å². The van der Waals surface area contributed by atoms with Gasteiger partial charge in [0.1, 0.15) is 6.10 Å². The summed E-state index contributed by atoms with van der Waals surface area (Å²) in [7, 11) is 0. The van der Waals surface area contributed by atoms with Gasteiger partial charge in [-0.15, -0.1) is 0 Å². The van der Waals surface area contributed by atoms with Gasteiger partial charge in [-0.3, -0.25) is 4.90 Å². The molecule has 1 N–H and O–H groups in total. The van der Waals surface area contributed by atoms with E-state index in [1.165, 1.54) is 24.0 Å². The van der Waals surface area contributed by atoms with Crippen LogP contribution in [0.2, 0.25) is 0 Å². The largest absolute Gasteiger partial charge is 0.439 e. The molecule has 1 heterocycles. The Morgan fingerprint density at radius 2 is 1.57 bits per heavy atom. The monoisotopic (exact) mass is 529 g/mol. The lowest BCUT2D eigenvalue weighted by Crippen LogP contribution is -2.34. The molecule has 202 valence electrons. The number of cyclic esters (lactones) is 1. The standard InChI is InChI=1S/C27H29F6NO3/c1-16-11-18(13-21(12-16)27(31,32)33)23-17(2)34(24(35)37-23)15-19-14-20(26(28,29)30)7-8-22(19)25(36)9-5-3-4-6-10-25/h7-8,11-14,17,23,36H,3-6,9-10,15H2,1-2H3/t17-,23-/m0/s1. The molecule has 1 saturated heterocycles. The van der Waals surface area contributed by atoms with Crippen molar-refractivity contribution in [3.05, 3.63) is 69.8 Å². The molecule has 2 aromatic carbocycles. The molecule has 2 aliphatic rings. The maximum absolute atomic E-state index is 13.6. The number of rotatable bonds is 4. The summed E-state index contributed by atoms with van der Waals surface area (Å²) in [5, 5.41) is 11.4. The minimum atomic E-state index is -4.63. The van der Waals surface area contributed by atoms with Gasteiger partial charge in [-0.05, 0) is 67.6 Å². The van der Waals surface area contributed by atoms with Gasteiger partial charge >= 0.3 is 18.4 Å². The first kappa shape index (κ1) is 27.3. The molecule has 0 spiro atoms. The zero-order chi connectivity index (χ0) is 27.2. The summed E-state index contributed by atoms with van der Waals surface area (Å²) >= 11 is 0. The minimum Gasteiger partial charge on any atom is -0.439 e. The topological polar surface area (TPSA) is 49.8 Å². The van der Waals surface area contributed by atoms with Crippen LogP contribution in [0.5, 0.6) is 0 Å². The molecule has 1 aliphatic carbocycles. The summed E-state index contributed by atoms with van der Waals surface area (Å²) in [5.41, 5.74) is -2.15. The van der Waals surface area contributed by atoms with E-state index in [2.05, 4.69) is 0 Å². The molecule has 2 aromatic rings. The molecule has 1 aliphatic heterocycles. The van der Waals surface area contributed by atoms with Gasteiger partial charge in [0.15, 0.2) is 0 Å². The van der Waals surface area contributed by atoms with Gasteiger partial charge in [0.05, 0.1) is 22.8 Å². The minimum absolute atomic E-state index is 0.142. The van der Waals surface area contributed by atoms with Crippen LogP contribution in [-0.4, -0.2) is 22.1 Å². The molecular formula is C27H29F6NO3. The van der Waals surface area contributed by atoms with Gasteiger partial charge in [0.25, 0.3) is 0 Å². The number of hydrogen-bond acceptors (Lipinski definition) is 3. The van der Waals surface area contributed by atoms with Crippen LogP contribution in [0.1, 0.15) is 84.9 Å². The van der Waals surface area contributed by atoms with E-state index in [0.29, 0.717) is 24.0 Å². The highest BCUT2D eigenvalue weighted by Crippen LogP contribution is 2.42. The van der Waals surface area contributed by atoms with Crippen molar-refractivity contribution in [2.24, 2.45) is 0 Å². The molecular weight excluding hydrogens is 500 g/mol. The van der Waals surface area contributed by atoms with Gasteiger partial charge in [-0.2, -0.15) is 26.3 Å². The van der Waals surface area contributed by atoms with Crippen LogP contribution in [-0.2, 0) is 29.2 Å². The van der Waals surface area contributed by atoms with Crippen molar-refractivity contribution in [3.8, 4) is 0 Å². The molecule has 4 nitrogen and oxygen atoms in total. The third-order valence-electron chi connectivity index (χ3n) is 7.35. The van der Waals surface area contributed by atoms with Gasteiger partial charge in [-0.1, -0.05) is 43.4 Å². The Bertz CT molecular complexity index is 1150. The highest BCUT2D eigenvalue weighted by molar-refractivity contribution is 5.71. The summed E-state index contributed by atoms with van der Waals surface area (Å²) in [5.74, 6) is 0. The number of aryl methyl sites for hydroxylation is 1. The van der Waals surface area contributed by atoms with Crippen molar-refractivity contribution in [1.82, 2.24) is 4.90 Å². The van der Waals surface area contributed by atoms with E-state index in [0.717, 1.165) is 49.9 Å². The second-order valence-corrected chi connectivity index (χ2v) is 10.1. The number of halogens is 6. The van der Waals surface area contributed by atoms with Crippen LogP contribution in [0.25, 0.3) is 0 Å². The third kappa shape index (κ3) is 5.73. The van der Waals surface area contributed by atoms with Crippen LogP contribution in [0.15, 0.2) is 36.4 Å². The van der Waals surface area contributed by atoms with Gasteiger partial charge in [0.2, 0.25) is 0 Å². The van der Waals surface area contributed by atoms with Gasteiger partial charge in [-0.25, -0.2) is 4.79 Å². The van der Waals surface area contributed by atoms with Crippen molar-refractivity contribution in [1.29, 1.82) is 0 Å². The summed E-state index contributed by atoms with van der Waals surface area (Å²) in [6, 6.07) is 5.81. The zero-order valence-corrected chi connectivity index (χ0v) is 20.5. The van der Waals surface area contributed by atoms with E-state index < -0.39 is 47.3 Å². The second kappa shape index (κ2) is 9.85. The van der Waals surface area contributed by atoms with Gasteiger partial charge in [0, 0.05) is 6.54 Å². The predicted molar refractivity (Wildman–Crippen MR) is 123 cm³/mol. The van der Waals surface area contributed by atoms with E-state index in [4.69, 9.17) is 4.74 Å². The number of carbonyl (C=O) groups excluding carboxylic acids is 1. The Balaban J connectivity index is 1.69. The highest BCUT2D eigenvalue weighted by Gasteiger charge is 2.43. The summed E-state index contributed by atoms with van der Waals surface area (Å²) in [4.78, 5) is 14.0. The lowest BCUT2D eigenvalue weighted by molar-refractivity contribution is -0.138. The first-order chi connectivity index (χ1) is 17.2. The Morgan fingerprint density at radius 3 is 2.16 bits per heavy atom. The molecule has 0 unspecified atom stereocenters. The molecule has 37 heavy (non-hydrogen) atoms. The summed E-state index contributed by atoms with van der Waals surface area (Å²) in [6.45, 7) is 2.80. The highest BCUT2D eigenvalue weighted by atomic mass is 19.4. The maximum atomic E-state index is 13.6. The normalized spacial score (nSPS) is 22.6. The van der Waals surface area contributed by atoms with E-state index in [1.54, 1.807) is 6.92 Å². The Morgan fingerprint density at radius 1 is 0.946 bits per heavy atom. The van der Waals surface area contributed by atoms with E-state index in [9.17, 15) is 36.2 Å². The van der Waals surface area contributed by atoms with Crippen LogP contribution >= 0.6 is 0 Å². The van der Waals surface area contributed by atoms with Crippen molar-refractivity contribution in [3.63, 3.8) is 0 Å². The van der Waals surface area contributed by atoms with E-state index in [1.807, 2.05) is 0 Å². The van der Waals surface area contributed by atoms with Crippen molar-refractivity contribution in [2.45, 2.75) is 89.0 Å². The Labute approximate surface area is 211 Å². The van der Waals surface area contributed by atoms with Crippen molar-refractivity contribution in [2.75, 3.05) is 0 Å². The Kier molecular flexibility index (Phi) is 7.27. The molecule has 0 aromatic heterocycles. The molecule has 2 fully saturated rings. The number of alkyl halides is 6. The lowest BCUT2D eigenvalue weighted by Gasteiger charge is -2.31. The van der Waals surface area contributed by atoms with Crippen LogP contribution in [0, 0.1) is 6.92 Å². The number of ether oxygens (including phenoxy) is 1. The summed E-state index contributed by atoms with van der Waals surface area (Å²) < 4.78 is 86.2. The van der Waals surface area contributed by atoms with E-state index >= 15 is 0 Å². The number of carbonyl (C=O) groups is 1. The fourth-order valence-corrected chi connectivity index (χ4v) is 5.42. The zero-order valence-electron chi connectivity index (χ0n) is 20.5. The number of amides is 1. The number of aliphatic hydroxyl groups is 1. The average Bonchev–Trinajstić information content (AvgIpc) is 2.95. The van der Waals surface area contributed by atoms with Crippen LogP contribution in [0.3, 0.4) is 0 Å². The number of nitrogens with zero attached hydrogens (tertiary/aromatic N) is 1.